The molecule has 0 saturated heterocycles. The summed E-state index contributed by atoms with van der Waals surface area (Å²) in [5.41, 5.74) is 0.777. The van der Waals surface area contributed by atoms with Gasteiger partial charge in [0.1, 0.15) is 0 Å². The van der Waals surface area contributed by atoms with Crippen LogP contribution in [-0.4, -0.2) is 37.2 Å². The zero-order valence-electron chi connectivity index (χ0n) is 14.9. The van der Waals surface area contributed by atoms with Crippen LogP contribution in [-0.2, 0) is 14.3 Å². The van der Waals surface area contributed by atoms with Gasteiger partial charge in [-0.1, -0.05) is 6.07 Å². The molecule has 1 saturated carbocycles. The lowest BCUT2D eigenvalue weighted by atomic mass is 10.2. The number of hydrogen-bond donors (Lipinski definition) is 1. The average molecular weight is 347 g/mol. The summed E-state index contributed by atoms with van der Waals surface area (Å²) in [7, 11) is 0. The topological polar surface area (TPSA) is 73.9 Å². The normalized spacial score (nSPS) is 14.8. The van der Waals surface area contributed by atoms with Crippen LogP contribution < -0.4 is 14.8 Å². The van der Waals surface area contributed by atoms with Crippen LogP contribution in [0.3, 0.4) is 0 Å². The highest BCUT2D eigenvalue weighted by molar-refractivity contribution is 5.90. The number of esters is 1. The first kappa shape index (κ1) is 18.8. The zero-order chi connectivity index (χ0) is 18.2. The molecule has 0 aromatic heterocycles. The van der Waals surface area contributed by atoms with E-state index in [1.807, 2.05) is 19.9 Å². The lowest BCUT2D eigenvalue weighted by Gasteiger charge is -2.12. The van der Waals surface area contributed by atoms with Crippen molar-refractivity contribution in [3.63, 3.8) is 0 Å². The minimum absolute atomic E-state index is 0.241. The van der Waals surface area contributed by atoms with E-state index in [-0.39, 0.29) is 11.9 Å². The molecule has 1 amide bonds. The Hall–Kier alpha value is -2.50. The summed E-state index contributed by atoms with van der Waals surface area (Å²) < 4.78 is 16.2. The third-order valence-electron chi connectivity index (χ3n) is 3.57. The van der Waals surface area contributed by atoms with E-state index >= 15 is 0 Å². The Morgan fingerprint density at radius 3 is 2.52 bits per heavy atom. The van der Waals surface area contributed by atoms with E-state index in [4.69, 9.17) is 14.2 Å². The quantitative estimate of drug-likeness (QED) is 0.549. The maximum Gasteiger partial charge on any atom is 0.331 e. The Kier molecular flexibility index (Phi) is 6.86. The summed E-state index contributed by atoms with van der Waals surface area (Å²) >= 11 is 0. The predicted octanol–water partition coefficient (Wildman–Crippen LogP) is 2.71. The van der Waals surface area contributed by atoms with Crippen LogP contribution in [0.15, 0.2) is 24.3 Å². The summed E-state index contributed by atoms with van der Waals surface area (Å²) in [4.78, 5) is 23.6. The molecule has 0 spiro atoms. The van der Waals surface area contributed by atoms with Crippen LogP contribution >= 0.6 is 0 Å². The Bertz CT molecular complexity index is 637. The molecule has 0 radical (unpaired) electrons. The molecule has 1 aromatic carbocycles. The maximum atomic E-state index is 11.9. The van der Waals surface area contributed by atoms with Gasteiger partial charge in [0.25, 0.3) is 5.91 Å². The predicted molar refractivity (Wildman–Crippen MR) is 94.5 cm³/mol. The minimum Gasteiger partial charge on any atom is -0.490 e. The Morgan fingerprint density at radius 1 is 1.20 bits per heavy atom. The van der Waals surface area contributed by atoms with Crippen molar-refractivity contribution in [2.45, 2.75) is 45.8 Å². The number of amides is 1. The standard InChI is InChI=1S/C19H25NO5/c1-4-23-16-10-6-14(12-17(16)24-5-2)7-11-18(21)25-13(3)19(22)20-15-8-9-15/h6-7,10-13,15H,4-5,8-9H2,1-3H3,(H,20,22)/b11-7+/t13-/m0/s1. The van der Waals surface area contributed by atoms with Gasteiger partial charge in [-0.2, -0.15) is 0 Å². The number of ether oxygens (including phenoxy) is 3. The summed E-state index contributed by atoms with van der Waals surface area (Å²) in [6.45, 7) is 6.42. The number of rotatable bonds is 9. The zero-order valence-corrected chi connectivity index (χ0v) is 14.9. The van der Waals surface area contributed by atoms with Gasteiger partial charge in [0.15, 0.2) is 17.6 Å². The molecule has 1 aliphatic rings. The number of carbonyl (C=O) groups is 2. The van der Waals surface area contributed by atoms with E-state index < -0.39 is 12.1 Å². The molecule has 0 aliphatic heterocycles. The van der Waals surface area contributed by atoms with Gasteiger partial charge in [0.2, 0.25) is 0 Å². The van der Waals surface area contributed by atoms with E-state index in [0.717, 1.165) is 18.4 Å². The highest BCUT2D eigenvalue weighted by Gasteiger charge is 2.26. The fourth-order valence-corrected chi connectivity index (χ4v) is 2.15. The molecule has 136 valence electrons. The van der Waals surface area contributed by atoms with E-state index in [9.17, 15) is 9.59 Å². The maximum absolute atomic E-state index is 11.9. The van der Waals surface area contributed by atoms with Gasteiger partial charge in [-0.3, -0.25) is 4.79 Å². The van der Waals surface area contributed by atoms with Crippen molar-refractivity contribution in [2.24, 2.45) is 0 Å². The highest BCUT2D eigenvalue weighted by atomic mass is 16.5. The van der Waals surface area contributed by atoms with Gasteiger partial charge in [0.05, 0.1) is 13.2 Å². The van der Waals surface area contributed by atoms with Crippen molar-refractivity contribution in [3.8, 4) is 11.5 Å². The monoisotopic (exact) mass is 347 g/mol. The molecular formula is C19H25NO5. The third kappa shape index (κ3) is 6.14. The lowest BCUT2D eigenvalue weighted by molar-refractivity contribution is -0.150. The highest BCUT2D eigenvalue weighted by Crippen LogP contribution is 2.29. The Balaban J connectivity index is 1.93. The van der Waals surface area contributed by atoms with Crippen LogP contribution in [0.25, 0.3) is 6.08 Å². The number of carbonyl (C=O) groups excluding carboxylic acids is 2. The number of benzene rings is 1. The summed E-state index contributed by atoms with van der Waals surface area (Å²) in [6.07, 6.45) is 4.09. The Morgan fingerprint density at radius 2 is 1.88 bits per heavy atom. The van der Waals surface area contributed by atoms with Crippen molar-refractivity contribution < 1.29 is 23.8 Å². The van der Waals surface area contributed by atoms with Crippen LogP contribution in [0.4, 0.5) is 0 Å². The third-order valence-corrected chi connectivity index (χ3v) is 3.57. The molecule has 0 heterocycles. The second kappa shape index (κ2) is 9.11. The number of hydrogen-bond acceptors (Lipinski definition) is 5. The minimum atomic E-state index is -0.808. The van der Waals surface area contributed by atoms with Crippen molar-refractivity contribution in [2.75, 3.05) is 13.2 Å². The SMILES string of the molecule is CCOc1ccc(/C=C/C(=O)O[C@@H](C)C(=O)NC2CC2)cc1OCC. The van der Waals surface area contributed by atoms with Crippen molar-refractivity contribution in [1.82, 2.24) is 5.32 Å². The molecule has 1 fully saturated rings. The van der Waals surface area contributed by atoms with Gasteiger partial charge in [-0.15, -0.1) is 0 Å². The molecule has 1 N–H and O–H groups in total. The van der Waals surface area contributed by atoms with Gasteiger partial charge >= 0.3 is 5.97 Å². The second-order valence-corrected chi connectivity index (χ2v) is 5.77. The van der Waals surface area contributed by atoms with Crippen molar-refractivity contribution in [3.05, 3.63) is 29.8 Å². The summed E-state index contributed by atoms with van der Waals surface area (Å²) in [5.74, 6) is 0.459. The first-order chi connectivity index (χ1) is 12.0. The molecule has 2 rings (SSSR count). The summed E-state index contributed by atoms with van der Waals surface area (Å²) in [5, 5.41) is 2.80. The van der Waals surface area contributed by atoms with Crippen molar-refractivity contribution >= 4 is 18.0 Å². The molecule has 25 heavy (non-hydrogen) atoms. The Labute approximate surface area is 148 Å². The van der Waals surface area contributed by atoms with E-state index in [0.29, 0.717) is 24.7 Å². The van der Waals surface area contributed by atoms with Crippen LogP contribution in [0.1, 0.15) is 39.2 Å². The molecule has 1 aromatic rings. The van der Waals surface area contributed by atoms with Crippen LogP contribution in [0, 0.1) is 0 Å². The first-order valence-electron chi connectivity index (χ1n) is 8.62. The number of nitrogens with one attached hydrogen (secondary N) is 1. The molecule has 1 atom stereocenters. The molecule has 0 bridgehead atoms. The first-order valence-corrected chi connectivity index (χ1v) is 8.62. The average Bonchev–Trinajstić information content (AvgIpc) is 3.39. The largest absolute Gasteiger partial charge is 0.490 e. The second-order valence-electron chi connectivity index (χ2n) is 5.77. The van der Waals surface area contributed by atoms with E-state index in [2.05, 4.69) is 5.32 Å². The van der Waals surface area contributed by atoms with Gasteiger partial charge in [-0.25, -0.2) is 4.79 Å². The molecule has 0 unspecified atom stereocenters. The summed E-state index contributed by atoms with van der Waals surface area (Å²) in [6, 6.07) is 5.65. The fourth-order valence-electron chi connectivity index (χ4n) is 2.15. The smallest absolute Gasteiger partial charge is 0.331 e. The van der Waals surface area contributed by atoms with Crippen molar-refractivity contribution in [1.29, 1.82) is 0 Å². The molecule has 1 aliphatic carbocycles. The van der Waals surface area contributed by atoms with E-state index in [1.54, 1.807) is 25.1 Å². The molecular weight excluding hydrogens is 322 g/mol. The lowest BCUT2D eigenvalue weighted by Crippen LogP contribution is -2.36. The van der Waals surface area contributed by atoms with E-state index in [1.165, 1.54) is 6.08 Å². The van der Waals surface area contributed by atoms with Gasteiger partial charge in [0, 0.05) is 12.1 Å². The van der Waals surface area contributed by atoms with Crippen LogP contribution in [0.5, 0.6) is 11.5 Å². The molecule has 6 heteroatoms. The van der Waals surface area contributed by atoms with Crippen LogP contribution in [0.2, 0.25) is 0 Å². The van der Waals surface area contributed by atoms with Gasteiger partial charge in [-0.05, 0) is 57.4 Å². The van der Waals surface area contributed by atoms with Gasteiger partial charge < -0.3 is 19.5 Å². The fraction of sp³-hybridized carbons (Fsp3) is 0.474. The molecule has 6 nitrogen and oxygen atoms in total.